The third-order valence-electron chi connectivity index (χ3n) is 3.36. The summed E-state index contributed by atoms with van der Waals surface area (Å²) in [6.07, 6.45) is 2.07. The van der Waals surface area contributed by atoms with Gasteiger partial charge in [0.25, 0.3) is 5.91 Å². The van der Waals surface area contributed by atoms with E-state index < -0.39 is 0 Å². The van der Waals surface area contributed by atoms with E-state index in [1.54, 1.807) is 24.3 Å². The van der Waals surface area contributed by atoms with Gasteiger partial charge in [0.15, 0.2) is 0 Å². The average molecular weight is 244 g/mol. The number of likely N-dealkylation sites (tertiary alicyclic amines) is 1. The lowest BCUT2D eigenvalue weighted by Gasteiger charge is -2.30. The van der Waals surface area contributed by atoms with Crippen LogP contribution < -0.4 is 0 Å². The predicted octanol–water partition coefficient (Wildman–Crippen LogP) is 3.50. The van der Waals surface area contributed by atoms with E-state index in [9.17, 15) is 4.79 Å². The van der Waals surface area contributed by atoms with Crippen molar-refractivity contribution in [1.82, 2.24) is 4.90 Å². The van der Waals surface area contributed by atoms with Crippen molar-refractivity contribution in [3.05, 3.63) is 40.3 Å². The fourth-order valence-electron chi connectivity index (χ4n) is 2.17. The number of carbonyl (C=O) groups excluding carboxylic acids is 1. The van der Waals surface area contributed by atoms with Crippen molar-refractivity contribution in [1.29, 1.82) is 0 Å². The molecular weight excluding hydrogens is 228 g/mol. The number of azide groups is 1. The zero-order chi connectivity index (χ0) is 13.0. The van der Waals surface area contributed by atoms with Crippen molar-refractivity contribution in [3.63, 3.8) is 0 Å². The van der Waals surface area contributed by atoms with Gasteiger partial charge in [0.2, 0.25) is 0 Å². The van der Waals surface area contributed by atoms with Gasteiger partial charge in [-0.3, -0.25) is 4.79 Å². The lowest BCUT2D eigenvalue weighted by Crippen LogP contribution is -2.37. The van der Waals surface area contributed by atoms with E-state index in [0.29, 0.717) is 17.2 Å². The smallest absolute Gasteiger partial charge is 0.254 e. The lowest BCUT2D eigenvalue weighted by molar-refractivity contribution is 0.0698. The van der Waals surface area contributed by atoms with Crippen molar-refractivity contribution in [3.8, 4) is 0 Å². The molecule has 1 aliphatic rings. The van der Waals surface area contributed by atoms with E-state index in [4.69, 9.17) is 5.53 Å². The molecule has 1 saturated heterocycles. The van der Waals surface area contributed by atoms with Gasteiger partial charge >= 0.3 is 0 Å². The van der Waals surface area contributed by atoms with Crippen LogP contribution in [0.5, 0.6) is 0 Å². The van der Waals surface area contributed by atoms with Crippen LogP contribution in [0.1, 0.15) is 30.1 Å². The van der Waals surface area contributed by atoms with E-state index >= 15 is 0 Å². The predicted molar refractivity (Wildman–Crippen MR) is 69.5 cm³/mol. The standard InChI is InChI=1S/C13H16N4O/c1-10-6-8-17(9-7-10)13(18)11-4-2-3-5-12(11)15-16-14/h2-5,10H,6-9H2,1H3. The molecule has 2 rings (SSSR count). The Morgan fingerprint density at radius 1 is 1.39 bits per heavy atom. The number of nitrogens with zero attached hydrogens (tertiary/aromatic N) is 4. The summed E-state index contributed by atoms with van der Waals surface area (Å²) in [4.78, 5) is 16.9. The summed E-state index contributed by atoms with van der Waals surface area (Å²) in [5.74, 6) is 0.645. The summed E-state index contributed by atoms with van der Waals surface area (Å²) in [5, 5.41) is 3.57. The van der Waals surface area contributed by atoms with Crippen LogP contribution in [0.4, 0.5) is 5.69 Å². The molecule has 0 bridgehead atoms. The zero-order valence-electron chi connectivity index (χ0n) is 10.4. The van der Waals surface area contributed by atoms with Gasteiger partial charge in [-0.2, -0.15) is 0 Å². The molecule has 0 unspecified atom stereocenters. The third-order valence-corrected chi connectivity index (χ3v) is 3.36. The Labute approximate surface area is 106 Å². The molecule has 94 valence electrons. The van der Waals surface area contributed by atoms with Gasteiger partial charge in [0.05, 0.1) is 5.69 Å². The molecule has 1 aliphatic heterocycles. The molecule has 5 nitrogen and oxygen atoms in total. The first-order valence-corrected chi connectivity index (χ1v) is 6.15. The summed E-state index contributed by atoms with van der Waals surface area (Å²) >= 11 is 0. The monoisotopic (exact) mass is 244 g/mol. The van der Waals surface area contributed by atoms with Crippen molar-refractivity contribution in [2.45, 2.75) is 19.8 Å². The zero-order valence-corrected chi connectivity index (χ0v) is 10.4. The van der Waals surface area contributed by atoms with Crippen molar-refractivity contribution in [2.75, 3.05) is 13.1 Å². The van der Waals surface area contributed by atoms with Gasteiger partial charge in [-0.05, 0) is 30.4 Å². The lowest BCUT2D eigenvalue weighted by atomic mass is 9.98. The number of benzene rings is 1. The van der Waals surface area contributed by atoms with E-state index in [2.05, 4.69) is 16.9 Å². The molecule has 1 aromatic carbocycles. The highest BCUT2D eigenvalue weighted by Crippen LogP contribution is 2.23. The number of hydrogen-bond acceptors (Lipinski definition) is 2. The maximum Gasteiger partial charge on any atom is 0.254 e. The normalized spacial score (nSPS) is 16.2. The van der Waals surface area contributed by atoms with Gasteiger partial charge in [-0.25, -0.2) is 0 Å². The van der Waals surface area contributed by atoms with Gasteiger partial charge in [0.1, 0.15) is 0 Å². The number of amides is 1. The molecular formula is C13H16N4O. The highest BCUT2D eigenvalue weighted by Gasteiger charge is 2.22. The Hall–Kier alpha value is -2.00. The molecule has 1 fully saturated rings. The van der Waals surface area contributed by atoms with Crippen LogP contribution in [-0.2, 0) is 0 Å². The number of rotatable bonds is 2. The van der Waals surface area contributed by atoms with E-state index in [-0.39, 0.29) is 5.91 Å². The Balaban J connectivity index is 2.21. The maximum absolute atomic E-state index is 12.3. The van der Waals surface area contributed by atoms with Crippen LogP contribution in [0, 0.1) is 5.92 Å². The minimum atomic E-state index is -0.0371. The van der Waals surface area contributed by atoms with Gasteiger partial charge < -0.3 is 4.90 Å². The number of carbonyl (C=O) groups is 1. The second kappa shape index (κ2) is 5.56. The largest absolute Gasteiger partial charge is 0.339 e. The average Bonchev–Trinajstić information content (AvgIpc) is 2.40. The second-order valence-corrected chi connectivity index (χ2v) is 4.68. The SMILES string of the molecule is CC1CCN(C(=O)c2ccccc2N=[N+]=[N-])CC1. The summed E-state index contributed by atoms with van der Waals surface area (Å²) in [6.45, 7) is 3.77. The highest BCUT2D eigenvalue weighted by atomic mass is 16.2. The Morgan fingerprint density at radius 2 is 2.06 bits per heavy atom. The molecule has 0 aliphatic carbocycles. The molecule has 1 amide bonds. The van der Waals surface area contributed by atoms with E-state index in [1.807, 2.05) is 4.90 Å². The first-order chi connectivity index (χ1) is 8.72. The fourth-order valence-corrected chi connectivity index (χ4v) is 2.17. The van der Waals surface area contributed by atoms with E-state index in [0.717, 1.165) is 25.9 Å². The number of hydrogen-bond donors (Lipinski definition) is 0. The van der Waals surface area contributed by atoms with Crippen molar-refractivity contribution in [2.24, 2.45) is 11.0 Å². The molecule has 0 saturated carbocycles. The minimum Gasteiger partial charge on any atom is -0.339 e. The third kappa shape index (κ3) is 2.63. The first-order valence-electron chi connectivity index (χ1n) is 6.15. The molecule has 0 spiro atoms. The van der Waals surface area contributed by atoms with Crippen LogP contribution in [0.15, 0.2) is 29.4 Å². The summed E-state index contributed by atoms with van der Waals surface area (Å²) in [7, 11) is 0. The Morgan fingerprint density at radius 3 is 2.72 bits per heavy atom. The molecule has 18 heavy (non-hydrogen) atoms. The Bertz CT molecular complexity index is 486. The van der Waals surface area contributed by atoms with Gasteiger partial charge in [0, 0.05) is 23.6 Å². The minimum absolute atomic E-state index is 0.0371. The van der Waals surface area contributed by atoms with Crippen LogP contribution in [0.2, 0.25) is 0 Å². The molecule has 0 aromatic heterocycles. The second-order valence-electron chi connectivity index (χ2n) is 4.68. The van der Waals surface area contributed by atoms with Crippen molar-refractivity contribution >= 4 is 11.6 Å². The summed E-state index contributed by atoms with van der Waals surface area (Å²) < 4.78 is 0. The quantitative estimate of drug-likeness (QED) is 0.446. The van der Waals surface area contributed by atoms with Crippen molar-refractivity contribution < 1.29 is 4.79 Å². The topological polar surface area (TPSA) is 69.1 Å². The number of piperidine rings is 1. The van der Waals surface area contributed by atoms with Gasteiger partial charge in [-0.15, -0.1) is 0 Å². The Kier molecular flexibility index (Phi) is 3.85. The molecule has 0 atom stereocenters. The molecule has 0 N–H and O–H groups in total. The van der Waals surface area contributed by atoms with Gasteiger partial charge in [-0.1, -0.05) is 30.2 Å². The first kappa shape index (κ1) is 12.5. The maximum atomic E-state index is 12.3. The molecule has 1 heterocycles. The molecule has 0 radical (unpaired) electrons. The molecule has 5 heteroatoms. The fraction of sp³-hybridized carbons (Fsp3) is 0.462. The van der Waals surface area contributed by atoms with E-state index in [1.165, 1.54) is 0 Å². The summed E-state index contributed by atoms with van der Waals surface area (Å²) in [6, 6.07) is 6.93. The van der Waals surface area contributed by atoms with Crippen LogP contribution in [0.3, 0.4) is 0 Å². The van der Waals surface area contributed by atoms with Crippen LogP contribution in [-0.4, -0.2) is 23.9 Å². The van der Waals surface area contributed by atoms with Crippen LogP contribution >= 0.6 is 0 Å². The highest BCUT2D eigenvalue weighted by molar-refractivity contribution is 5.98. The summed E-state index contributed by atoms with van der Waals surface area (Å²) in [5.41, 5.74) is 9.40. The molecule has 1 aromatic rings. The van der Waals surface area contributed by atoms with Crippen LogP contribution in [0.25, 0.3) is 10.4 Å².